The largest absolute Gasteiger partial charge is 0.300 e. The van der Waals surface area contributed by atoms with E-state index < -0.39 is 17.1 Å². The van der Waals surface area contributed by atoms with Gasteiger partial charge >= 0.3 is 0 Å². The number of anilines is 1. The Morgan fingerprint density at radius 3 is 2.58 bits per heavy atom. The zero-order valence-corrected chi connectivity index (χ0v) is 17.7. The number of nitrogens with zero attached hydrogens (tertiary/aromatic N) is 2. The summed E-state index contributed by atoms with van der Waals surface area (Å²) in [5.74, 6) is -1.30. The minimum atomic E-state index is -0.508. The maximum Gasteiger partial charge on any atom is 0.294 e. The van der Waals surface area contributed by atoms with Gasteiger partial charge in [-0.2, -0.15) is 0 Å². The molecule has 0 saturated carbocycles. The second-order valence-corrected chi connectivity index (χ2v) is 8.77. The predicted octanol–water partition coefficient (Wildman–Crippen LogP) is 4.55. The molecular formula is C22H16FN3O3S2. The molecule has 31 heavy (non-hydrogen) atoms. The van der Waals surface area contributed by atoms with E-state index in [1.54, 1.807) is 24.4 Å². The summed E-state index contributed by atoms with van der Waals surface area (Å²) in [6, 6.07) is 15.3. The topological polar surface area (TPSA) is 79.4 Å². The van der Waals surface area contributed by atoms with Crippen molar-refractivity contribution in [1.29, 1.82) is 0 Å². The van der Waals surface area contributed by atoms with E-state index in [0.717, 1.165) is 32.7 Å². The van der Waals surface area contributed by atoms with Gasteiger partial charge in [0, 0.05) is 17.5 Å². The number of thiazole rings is 1. The molecular weight excluding hydrogens is 437 g/mol. The highest BCUT2D eigenvalue weighted by molar-refractivity contribution is 8.18. The number of benzene rings is 2. The van der Waals surface area contributed by atoms with Crippen LogP contribution in [0, 0.1) is 5.82 Å². The summed E-state index contributed by atoms with van der Waals surface area (Å²) in [5.41, 5.74) is 1.72. The van der Waals surface area contributed by atoms with Crippen LogP contribution in [0.2, 0.25) is 0 Å². The molecule has 1 aliphatic heterocycles. The minimum absolute atomic E-state index is 0.278. The molecule has 2 heterocycles. The molecule has 1 fully saturated rings. The van der Waals surface area contributed by atoms with Crippen LogP contribution in [-0.4, -0.2) is 33.5 Å². The minimum Gasteiger partial charge on any atom is -0.300 e. The first-order valence-electron chi connectivity index (χ1n) is 9.27. The van der Waals surface area contributed by atoms with Crippen LogP contribution in [-0.2, 0) is 16.0 Å². The molecule has 2 aromatic carbocycles. The van der Waals surface area contributed by atoms with Crippen LogP contribution in [0.5, 0.6) is 0 Å². The average Bonchev–Trinajstić information content (AvgIpc) is 3.29. The van der Waals surface area contributed by atoms with Crippen molar-refractivity contribution in [2.24, 2.45) is 0 Å². The van der Waals surface area contributed by atoms with E-state index in [9.17, 15) is 18.8 Å². The standard InChI is InChI=1S/C22H16FN3O3S2/c23-16-8-6-15(7-9-16)10-17-12-24-21(30-17)25-19(27)13-26-20(28)18(31-22(26)29)11-14-4-2-1-3-5-14/h1-9,11-12H,10,13H2,(H,24,25,27)/b18-11-. The third-order valence-electron chi connectivity index (χ3n) is 4.36. The van der Waals surface area contributed by atoms with Crippen molar-refractivity contribution in [2.45, 2.75) is 6.42 Å². The van der Waals surface area contributed by atoms with Crippen LogP contribution in [0.3, 0.4) is 0 Å². The molecule has 1 saturated heterocycles. The van der Waals surface area contributed by atoms with E-state index >= 15 is 0 Å². The van der Waals surface area contributed by atoms with Crippen molar-refractivity contribution < 1.29 is 18.8 Å². The molecule has 6 nitrogen and oxygen atoms in total. The number of carbonyl (C=O) groups excluding carboxylic acids is 3. The molecule has 4 rings (SSSR count). The maximum absolute atomic E-state index is 13.0. The van der Waals surface area contributed by atoms with Crippen LogP contribution in [0.25, 0.3) is 6.08 Å². The first kappa shape index (κ1) is 21.0. The Labute approximate surface area is 185 Å². The summed E-state index contributed by atoms with van der Waals surface area (Å²) >= 11 is 2.09. The van der Waals surface area contributed by atoms with Crippen molar-refractivity contribution in [3.05, 3.63) is 87.5 Å². The van der Waals surface area contributed by atoms with E-state index in [0.29, 0.717) is 11.6 Å². The highest BCUT2D eigenvalue weighted by Gasteiger charge is 2.36. The van der Waals surface area contributed by atoms with Gasteiger partial charge in [-0.15, -0.1) is 11.3 Å². The van der Waals surface area contributed by atoms with Gasteiger partial charge < -0.3 is 5.32 Å². The van der Waals surface area contributed by atoms with Gasteiger partial charge in [0.25, 0.3) is 11.1 Å². The summed E-state index contributed by atoms with van der Waals surface area (Å²) in [6.07, 6.45) is 3.82. The SMILES string of the molecule is O=C(CN1C(=O)S/C(=C\c2ccccc2)C1=O)Nc1ncc(Cc2ccc(F)cc2)s1. The molecule has 3 amide bonds. The van der Waals surface area contributed by atoms with Gasteiger partial charge in [-0.25, -0.2) is 9.37 Å². The van der Waals surface area contributed by atoms with Crippen molar-refractivity contribution in [3.63, 3.8) is 0 Å². The first-order chi connectivity index (χ1) is 15.0. The molecule has 9 heteroatoms. The number of carbonyl (C=O) groups is 3. The van der Waals surface area contributed by atoms with Gasteiger partial charge in [-0.3, -0.25) is 19.3 Å². The molecule has 0 unspecified atom stereocenters. The summed E-state index contributed by atoms with van der Waals surface area (Å²) in [5, 5.41) is 2.51. The molecule has 1 N–H and O–H groups in total. The van der Waals surface area contributed by atoms with Crippen molar-refractivity contribution in [3.8, 4) is 0 Å². The molecule has 0 bridgehead atoms. The molecule has 0 radical (unpaired) electrons. The number of hydrogen-bond donors (Lipinski definition) is 1. The van der Waals surface area contributed by atoms with Crippen LogP contribution in [0.15, 0.2) is 65.7 Å². The van der Waals surface area contributed by atoms with Crippen molar-refractivity contribution in [1.82, 2.24) is 9.88 Å². The van der Waals surface area contributed by atoms with E-state index in [-0.39, 0.29) is 17.3 Å². The Hall–Kier alpha value is -3.30. The lowest BCUT2D eigenvalue weighted by molar-refractivity contribution is -0.127. The molecule has 3 aromatic rings. The van der Waals surface area contributed by atoms with E-state index in [1.807, 2.05) is 30.3 Å². The summed E-state index contributed by atoms with van der Waals surface area (Å²) in [7, 11) is 0. The monoisotopic (exact) mass is 453 g/mol. The van der Waals surface area contributed by atoms with Gasteiger partial charge in [0.1, 0.15) is 12.4 Å². The zero-order valence-electron chi connectivity index (χ0n) is 16.1. The fourth-order valence-corrected chi connectivity index (χ4v) is 4.59. The van der Waals surface area contributed by atoms with Gasteiger partial charge in [-0.05, 0) is 41.1 Å². The Bertz CT molecular complexity index is 1160. The fraction of sp³-hybridized carbons (Fsp3) is 0.0909. The molecule has 0 aliphatic carbocycles. The fourth-order valence-electron chi connectivity index (χ4n) is 2.89. The third kappa shape index (κ3) is 5.25. The highest BCUT2D eigenvalue weighted by Crippen LogP contribution is 2.32. The Morgan fingerprint density at radius 2 is 1.84 bits per heavy atom. The Kier molecular flexibility index (Phi) is 6.24. The van der Waals surface area contributed by atoms with Gasteiger partial charge in [0.05, 0.1) is 4.91 Å². The maximum atomic E-state index is 13.0. The summed E-state index contributed by atoms with van der Waals surface area (Å²) < 4.78 is 13.0. The number of aromatic nitrogens is 1. The number of halogens is 1. The van der Waals surface area contributed by atoms with Gasteiger partial charge in [0.15, 0.2) is 5.13 Å². The van der Waals surface area contributed by atoms with Crippen LogP contribution < -0.4 is 5.32 Å². The lowest BCUT2D eigenvalue weighted by Crippen LogP contribution is -2.36. The summed E-state index contributed by atoms with van der Waals surface area (Å²) in [6.45, 7) is -0.385. The lowest BCUT2D eigenvalue weighted by Gasteiger charge is -2.11. The number of thioether (sulfide) groups is 1. The lowest BCUT2D eigenvalue weighted by atomic mass is 10.1. The number of nitrogens with one attached hydrogen (secondary N) is 1. The zero-order chi connectivity index (χ0) is 21.8. The van der Waals surface area contributed by atoms with Crippen LogP contribution >= 0.6 is 23.1 Å². The van der Waals surface area contributed by atoms with E-state index in [4.69, 9.17) is 0 Å². The quantitative estimate of drug-likeness (QED) is 0.554. The number of rotatable bonds is 6. The van der Waals surface area contributed by atoms with Crippen molar-refractivity contribution in [2.75, 3.05) is 11.9 Å². The second-order valence-electron chi connectivity index (χ2n) is 6.66. The molecule has 1 aliphatic rings. The Morgan fingerprint density at radius 1 is 1.10 bits per heavy atom. The average molecular weight is 454 g/mol. The van der Waals surface area contributed by atoms with E-state index in [1.165, 1.54) is 23.5 Å². The van der Waals surface area contributed by atoms with Crippen LogP contribution in [0.4, 0.5) is 14.3 Å². The molecule has 0 atom stereocenters. The number of amides is 3. The first-order valence-corrected chi connectivity index (χ1v) is 10.9. The van der Waals surface area contributed by atoms with Crippen molar-refractivity contribution >= 4 is 51.4 Å². The molecule has 1 aromatic heterocycles. The number of hydrogen-bond acceptors (Lipinski definition) is 6. The molecule has 0 spiro atoms. The van der Waals surface area contributed by atoms with E-state index in [2.05, 4.69) is 10.3 Å². The third-order valence-corrected chi connectivity index (χ3v) is 6.18. The smallest absolute Gasteiger partial charge is 0.294 e. The van der Waals surface area contributed by atoms with Gasteiger partial charge in [-0.1, -0.05) is 42.5 Å². The van der Waals surface area contributed by atoms with Gasteiger partial charge in [0.2, 0.25) is 5.91 Å². The van der Waals surface area contributed by atoms with Crippen LogP contribution in [0.1, 0.15) is 16.0 Å². The Balaban J connectivity index is 1.36. The predicted molar refractivity (Wildman–Crippen MR) is 119 cm³/mol. The normalized spacial score (nSPS) is 15.0. The number of imide groups is 1. The summed E-state index contributed by atoms with van der Waals surface area (Å²) in [4.78, 5) is 43.4. The highest BCUT2D eigenvalue weighted by atomic mass is 32.2. The second kappa shape index (κ2) is 9.23. The molecule has 156 valence electrons.